The largest absolute Gasteiger partial charge is 0.398 e. The topological polar surface area (TPSA) is 51.4 Å². The molecule has 1 aliphatic heterocycles. The second-order valence-corrected chi connectivity index (χ2v) is 5.38. The Kier molecular flexibility index (Phi) is 3.88. The van der Waals surface area contributed by atoms with Gasteiger partial charge in [-0.3, -0.25) is 9.88 Å². The zero-order valence-corrected chi connectivity index (χ0v) is 11.7. The molecule has 2 rings (SSSR count). The average molecular weight is 249 g/mol. The highest BCUT2D eigenvalue weighted by molar-refractivity contribution is 5.53. The molecule has 0 spiro atoms. The van der Waals surface area contributed by atoms with Crippen LogP contribution in [0.5, 0.6) is 0 Å². The van der Waals surface area contributed by atoms with Crippen molar-refractivity contribution in [2.75, 3.05) is 18.8 Å². The number of aromatic nitrogens is 1. The van der Waals surface area contributed by atoms with Crippen LogP contribution in [-0.2, 0) is 11.3 Å². The van der Waals surface area contributed by atoms with E-state index in [0.29, 0.717) is 0 Å². The number of ether oxygens (including phenoxy) is 1. The molecule has 0 aliphatic carbocycles. The molecule has 4 heteroatoms. The predicted molar refractivity (Wildman–Crippen MR) is 73.4 cm³/mol. The number of morpholine rings is 1. The molecule has 0 bridgehead atoms. The summed E-state index contributed by atoms with van der Waals surface area (Å²) in [5, 5.41) is 0. The van der Waals surface area contributed by atoms with Crippen molar-refractivity contribution in [1.82, 2.24) is 9.88 Å². The molecule has 0 saturated carbocycles. The van der Waals surface area contributed by atoms with Crippen LogP contribution in [0.1, 0.15) is 30.7 Å². The summed E-state index contributed by atoms with van der Waals surface area (Å²) in [6.07, 6.45) is 2.44. The first kappa shape index (κ1) is 13.3. The number of rotatable bonds is 2. The van der Waals surface area contributed by atoms with Gasteiger partial charge in [-0.2, -0.15) is 0 Å². The minimum Gasteiger partial charge on any atom is -0.398 e. The van der Waals surface area contributed by atoms with Crippen molar-refractivity contribution in [3.05, 3.63) is 23.0 Å². The standard InChI is InChI=1S/C14H23N3O/c1-9-5-16-13(12(4)14(9)15)8-17-6-10(2)18-11(3)7-17/h5,10-11H,6-8H2,1-4H3,(H2,15,16). The Morgan fingerprint density at radius 2 is 1.94 bits per heavy atom. The van der Waals surface area contributed by atoms with Gasteiger partial charge in [-0.05, 0) is 38.8 Å². The molecule has 2 unspecified atom stereocenters. The van der Waals surface area contributed by atoms with Crippen molar-refractivity contribution in [2.24, 2.45) is 0 Å². The van der Waals surface area contributed by atoms with Gasteiger partial charge in [0.15, 0.2) is 0 Å². The summed E-state index contributed by atoms with van der Waals surface area (Å²) in [4.78, 5) is 6.91. The monoisotopic (exact) mass is 249 g/mol. The van der Waals surface area contributed by atoms with E-state index in [1.54, 1.807) is 0 Å². The molecule has 0 amide bonds. The summed E-state index contributed by atoms with van der Waals surface area (Å²) in [5.41, 5.74) is 10.2. The number of hydrogen-bond donors (Lipinski definition) is 1. The molecule has 4 nitrogen and oxygen atoms in total. The van der Waals surface area contributed by atoms with E-state index in [1.165, 1.54) is 0 Å². The minimum absolute atomic E-state index is 0.289. The van der Waals surface area contributed by atoms with Crippen LogP contribution in [0.15, 0.2) is 6.20 Å². The van der Waals surface area contributed by atoms with Crippen LogP contribution in [0.25, 0.3) is 0 Å². The first-order valence-corrected chi connectivity index (χ1v) is 6.55. The smallest absolute Gasteiger partial charge is 0.0678 e. The molecule has 0 radical (unpaired) electrons. The summed E-state index contributed by atoms with van der Waals surface area (Å²) in [5.74, 6) is 0. The Morgan fingerprint density at radius 3 is 2.56 bits per heavy atom. The molecule has 1 aromatic heterocycles. The molecule has 2 N–H and O–H groups in total. The predicted octanol–water partition coefficient (Wildman–Crippen LogP) is 1.89. The summed E-state index contributed by atoms with van der Waals surface area (Å²) in [7, 11) is 0. The highest BCUT2D eigenvalue weighted by Gasteiger charge is 2.23. The van der Waals surface area contributed by atoms with Crippen molar-refractivity contribution >= 4 is 5.69 Å². The first-order chi connectivity index (χ1) is 8.47. The van der Waals surface area contributed by atoms with Gasteiger partial charge in [0.05, 0.1) is 17.9 Å². The molecular weight excluding hydrogens is 226 g/mol. The van der Waals surface area contributed by atoms with Gasteiger partial charge in [0.1, 0.15) is 0 Å². The van der Waals surface area contributed by atoms with Crippen molar-refractivity contribution in [3.8, 4) is 0 Å². The second kappa shape index (κ2) is 5.24. The Hall–Kier alpha value is -1.13. The van der Waals surface area contributed by atoms with Crippen molar-refractivity contribution in [1.29, 1.82) is 0 Å². The van der Waals surface area contributed by atoms with Crippen LogP contribution in [0, 0.1) is 13.8 Å². The maximum atomic E-state index is 6.06. The lowest BCUT2D eigenvalue weighted by Crippen LogP contribution is -2.45. The molecular formula is C14H23N3O. The average Bonchev–Trinajstić information content (AvgIpc) is 2.29. The molecule has 1 aromatic rings. The zero-order chi connectivity index (χ0) is 13.3. The van der Waals surface area contributed by atoms with Gasteiger partial charge in [-0.1, -0.05) is 0 Å². The highest BCUT2D eigenvalue weighted by atomic mass is 16.5. The van der Waals surface area contributed by atoms with E-state index < -0.39 is 0 Å². The van der Waals surface area contributed by atoms with Crippen LogP contribution in [0.4, 0.5) is 5.69 Å². The molecule has 1 saturated heterocycles. The van der Waals surface area contributed by atoms with Gasteiger partial charge in [-0.15, -0.1) is 0 Å². The van der Waals surface area contributed by atoms with Crippen molar-refractivity contribution < 1.29 is 4.74 Å². The Labute approximate surface area is 109 Å². The number of nitrogen functional groups attached to an aromatic ring is 1. The van der Waals surface area contributed by atoms with E-state index in [9.17, 15) is 0 Å². The van der Waals surface area contributed by atoms with Gasteiger partial charge in [0.2, 0.25) is 0 Å². The summed E-state index contributed by atoms with van der Waals surface area (Å²) in [6.45, 7) is 11.1. The van der Waals surface area contributed by atoms with Crippen LogP contribution < -0.4 is 5.73 Å². The maximum absolute atomic E-state index is 6.06. The molecule has 100 valence electrons. The van der Waals surface area contributed by atoms with Gasteiger partial charge in [0.25, 0.3) is 0 Å². The third-order valence-electron chi connectivity index (χ3n) is 3.54. The molecule has 1 fully saturated rings. The van der Waals surface area contributed by atoms with Crippen LogP contribution in [0.2, 0.25) is 0 Å². The van der Waals surface area contributed by atoms with Crippen LogP contribution in [-0.4, -0.2) is 35.2 Å². The molecule has 2 heterocycles. The quantitative estimate of drug-likeness (QED) is 0.869. The number of nitrogens with two attached hydrogens (primary N) is 1. The lowest BCUT2D eigenvalue weighted by molar-refractivity contribution is -0.0708. The van der Waals surface area contributed by atoms with E-state index in [0.717, 1.165) is 42.1 Å². The molecule has 0 aromatic carbocycles. The number of aryl methyl sites for hydroxylation is 1. The van der Waals surface area contributed by atoms with E-state index in [1.807, 2.05) is 13.1 Å². The molecule has 18 heavy (non-hydrogen) atoms. The fourth-order valence-electron chi connectivity index (χ4n) is 2.58. The van der Waals surface area contributed by atoms with E-state index in [4.69, 9.17) is 10.5 Å². The Balaban J connectivity index is 2.12. The number of nitrogens with zero attached hydrogens (tertiary/aromatic N) is 2. The van der Waals surface area contributed by atoms with Gasteiger partial charge in [-0.25, -0.2) is 0 Å². The number of anilines is 1. The minimum atomic E-state index is 0.289. The van der Waals surface area contributed by atoms with Gasteiger partial charge in [0, 0.05) is 31.5 Å². The first-order valence-electron chi connectivity index (χ1n) is 6.55. The fourth-order valence-corrected chi connectivity index (χ4v) is 2.58. The number of pyridine rings is 1. The normalized spacial score (nSPS) is 25.3. The maximum Gasteiger partial charge on any atom is 0.0678 e. The fraction of sp³-hybridized carbons (Fsp3) is 0.643. The summed E-state index contributed by atoms with van der Waals surface area (Å²) >= 11 is 0. The third kappa shape index (κ3) is 2.82. The van der Waals surface area contributed by atoms with E-state index >= 15 is 0 Å². The van der Waals surface area contributed by atoms with E-state index in [-0.39, 0.29) is 12.2 Å². The van der Waals surface area contributed by atoms with Gasteiger partial charge >= 0.3 is 0 Å². The summed E-state index contributed by atoms with van der Waals surface area (Å²) < 4.78 is 5.74. The lowest BCUT2D eigenvalue weighted by Gasteiger charge is -2.35. The highest BCUT2D eigenvalue weighted by Crippen LogP contribution is 2.20. The Morgan fingerprint density at radius 1 is 1.33 bits per heavy atom. The van der Waals surface area contributed by atoms with Crippen molar-refractivity contribution in [3.63, 3.8) is 0 Å². The molecule has 1 aliphatic rings. The SMILES string of the molecule is Cc1cnc(CN2CC(C)OC(C)C2)c(C)c1N. The van der Waals surface area contributed by atoms with Crippen molar-refractivity contribution in [2.45, 2.75) is 46.4 Å². The summed E-state index contributed by atoms with van der Waals surface area (Å²) in [6, 6.07) is 0. The lowest BCUT2D eigenvalue weighted by atomic mass is 10.1. The van der Waals surface area contributed by atoms with E-state index in [2.05, 4.69) is 30.7 Å². The zero-order valence-electron chi connectivity index (χ0n) is 11.7. The Bertz CT molecular complexity index is 423. The van der Waals surface area contributed by atoms with Crippen LogP contribution >= 0.6 is 0 Å². The number of hydrogen-bond acceptors (Lipinski definition) is 4. The molecule has 2 atom stereocenters. The third-order valence-corrected chi connectivity index (χ3v) is 3.54. The van der Waals surface area contributed by atoms with Crippen LogP contribution in [0.3, 0.4) is 0 Å². The van der Waals surface area contributed by atoms with Gasteiger partial charge < -0.3 is 10.5 Å². The second-order valence-electron chi connectivity index (χ2n) is 5.38.